The molecule has 1 aliphatic heterocycles. The van der Waals surface area contributed by atoms with Crippen LogP contribution in [0, 0.1) is 0 Å². The van der Waals surface area contributed by atoms with Crippen LogP contribution in [0.1, 0.15) is 41.0 Å². The van der Waals surface area contributed by atoms with Crippen LogP contribution in [0.2, 0.25) is 0 Å². The Labute approximate surface area is 140 Å². The first-order valence-corrected chi connectivity index (χ1v) is 7.92. The smallest absolute Gasteiger partial charge is 0.321 e. The third-order valence-electron chi connectivity index (χ3n) is 3.95. The molecule has 9 heteroatoms. The number of rotatable bonds is 6. The van der Waals surface area contributed by atoms with E-state index in [1.54, 1.807) is 18.7 Å². The van der Waals surface area contributed by atoms with Gasteiger partial charge in [-0.15, -0.1) is 11.8 Å². The van der Waals surface area contributed by atoms with Gasteiger partial charge < -0.3 is 26.9 Å². The summed E-state index contributed by atoms with van der Waals surface area (Å²) in [5.74, 6) is -2.34. The number of nitrogens with two attached hydrogens (primary N) is 2. The summed E-state index contributed by atoms with van der Waals surface area (Å²) in [6.45, 7) is 9.50. The van der Waals surface area contributed by atoms with Gasteiger partial charge >= 0.3 is 5.97 Å². The zero-order valence-corrected chi connectivity index (χ0v) is 14.9. The molecule has 0 bridgehead atoms. The Morgan fingerprint density at radius 1 is 1.22 bits per heavy atom. The molecule has 7 N–H and O–H groups in total. The van der Waals surface area contributed by atoms with Crippen molar-refractivity contribution in [2.75, 3.05) is 0 Å². The second-order valence-electron chi connectivity index (χ2n) is 6.74. The molecule has 8 nitrogen and oxygen atoms in total. The van der Waals surface area contributed by atoms with Crippen LogP contribution in [0.4, 0.5) is 0 Å². The number of nitrogens with zero attached hydrogens (tertiary/aromatic N) is 1. The largest absolute Gasteiger partial charge is 0.480 e. The van der Waals surface area contributed by atoms with Crippen molar-refractivity contribution in [1.29, 1.82) is 0 Å². The minimum absolute atomic E-state index is 0. The van der Waals surface area contributed by atoms with Crippen LogP contribution >= 0.6 is 11.8 Å². The lowest BCUT2D eigenvalue weighted by Crippen LogP contribution is -2.71. The van der Waals surface area contributed by atoms with E-state index in [1.807, 2.05) is 27.7 Å². The fraction of sp³-hybridized carbons (Fsp3) is 0.786. The summed E-state index contributed by atoms with van der Waals surface area (Å²) in [7, 11) is 0. The Kier molecular flexibility index (Phi) is 6.66. The maximum Gasteiger partial charge on any atom is 0.321 e. The van der Waals surface area contributed by atoms with Gasteiger partial charge in [-0.25, -0.2) is 0 Å². The molecule has 23 heavy (non-hydrogen) atoms. The lowest BCUT2D eigenvalue weighted by atomic mass is 9.86. The topological polar surface area (TPSA) is 158 Å². The molecule has 0 radical (unpaired) electrons. The van der Waals surface area contributed by atoms with Gasteiger partial charge in [0.25, 0.3) is 0 Å². The van der Waals surface area contributed by atoms with Crippen molar-refractivity contribution in [3.05, 3.63) is 0 Å². The molecule has 0 aromatic rings. The van der Waals surface area contributed by atoms with E-state index in [9.17, 15) is 14.4 Å². The summed E-state index contributed by atoms with van der Waals surface area (Å²) in [6, 6.07) is -2.35. The summed E-state index contributed by atoms with van der Waals surface area (Å²) < 4.78 is -0.508. The van der Waals surface area contributed by atoms with Gasteiger partial charge in [0.2, 0.25) is 11.8 Å². The average molecular weight is 349 g/mol. The Morgan fingerprint density at radius 2 is 1.65 bits per heavy atom. The van der Waals surface area contributed by atoms with Gasteiger partial charge in [0.05, 0.1) is 12.5 Å². The minimum Gasteiger partial charge on any atom is -0.480 e. The fourth-order valence-corrected chi connectivity index (χ4v) is 5.55. The van der Waals surface area contributed by atoms with Crippen LogP contribution in [0.5, 0.6) is 0 Å². The molecule has 0 aliphatic carbocycles. The molecule has 1 rings (SSSR count). The van der Waals surface area contributed by atoms with Crippen LogP contribution < -0.4 is 11.5 Å². The number of hydrogen-bond acceptors (Lipinski definition) is 5. The zero-order chi connectivity index (χ0) is 17.5. The molecule has 1 fully saturated rings. The van der Waals surface area contributed by atoms with Gasteiger partial charge in [-0.1, -0.05) is 0 Å². The number of aliphatic carboxylic acids is 1. The first-order chi connectivity index (χ1) is 9.81. The van der Waals surface area contributed by atoms with Crippen molar-refractivity contribution in [3.8, 4) is 0 Å². The molecule has 0 aromatic heterocycles. The lowest BCUT2D eigenvalue weighted by Gasteiger charge is -2.61. The Balaban J connectivity index is 0.00000484. The first kappa shape index (κ1) is 21.7. The predicted molar refractivity (Wildman–Crippen MR) is 88.9 cm³/mol. The number of carbonyl (C=O) groups excluding carboxylic acids is 2. The van der Waals surface area contributed by atoms with Crippen LogP contribution in [-0.2, 0) is 14.4 Å². The molecule has 1 saturated heterocycles. The second-order valence-corrected chi connectivity index (χ2v) is 9.05. The van der Waals surface area contributed by atoms with Crippen molar-refractivity contribution >= 4 is 29.5 Å². The average Bonchev–Trinajstić information content (AvgIpc) is 2.32. The van der Waals surface area contributed by atoms with Crippen molar-refractivity contribution in [1.82, 2.24) is 4.90 Å². The van der Waals surface area contributed by atoms with Crippen molar-refractivity contribution in [3.63, 3.8) is 0 Å². The van der Waals surface area contributed by atoms with E-state index in [4.69, 9.17) is 16.6 Å². The molecule has 2 atom stereocenters. The maximum atomic E-state index is 12.6. The van der Waals surface area contributed by atoms with E-state index >= 15 is 0 Å². The van der Waals surface area contributed by atoms with E-state index in [0.717, 1.165) is 0 Å². The number of carboxylic acid groups (broad SMARTS) is 1. The molecular formula is C14H27N3O5S. The van der Waals surface area contributed by atoms with Crippen LogP contribution in [0.15, 0.2) is 0 Å². The Morgan fingerprint density at radius 3 is 1.96 bits per heavy atom. The molecule has 0 spiro atoms. The number of carboxylic acids is 1. The van der Waals surface area contributed by atoms with Gasteiger partial charge in [0.1, 0.15) is 12.1 Å². The van der Waals surface area contributed by atoms with Crippen molar-refractivity contribution < 1.29 is 25.0 Å². The van der Waals surface area contributed by atoms with Gasteiger partial charge in [-0.05, 0) is 34.6 Å². The first-order valence-electron chi connectivity index (χ1n) is 7.10. The van der Waals surface area contributed by atoms with E-state index in [0.29, 0.717) is 0 Å². The van der Waals surface area contributed by atoms with Gasteiger partial charge in [0, 0.05) is 9.49 Å². The Bertz CT molecular complexity index is 481. The van der Waals surface area contributed by atoms with Gasteiger partial charge in [-0.3, -0.25) is 14.4 Å². The van der Waals surface area contributed by atoms with Gasteiger partial charge in [-0.2, -0.15) is 0 Å². The van der Waals surface area contributed by atoms with Crippen molar-refractivity contribution in [2.45, 2.75) is 68.7 Å². The monoisotopic (exact) mass is 349 g/mol. The quantitative estimate of drug-likeness (QED) is 0.577. The predicted octanol–water partition coefficient (Wildman–Crippen LogP) is -0.661. The third-order valence-corrected chi connectivity index (χ3v) is 5.45. The van der Waals surface area contributed by atoms with Crippen LogP contribution in [0.3, 0.4) is 0 Å². The fourth-order valence-electron chi connectivity index (χ4n) is 3.34. The molecule has 1 heterocycles. The SMILES string of the molecule is C[C@H](C(N)=O)N(C(=O)C[C@H](N)C(=O)O)C1C(C)(C)SC1(C)C.O. The molecule has 134 valence electrons. The Hall–Kier alpha value is -1.32. The number of thioether (sulfide) groups is 1. The highest BCUT2D eigenvalue weighted by atomic mass is 32.2. The molecular weight excluding hydrogens is 322 g/mol. The molecule has 2 amide bonds. The van der Waals surface area contributed by atoms with E-state index in [1.165, 1.54) is 4.90 Å². The number of amides is 2. The number of hydrogen-bond donors (Lipinski definition) is 3. The molecule has 0 unspecified atom stereocenters. The summed E-state index contributed by atoms with van der Waals surface area (Å²) in [5.41, 5.74) is 10.8. The maximum absolute atomic E-state index is 12.6. The van der Waals surface area contributed by atoms with E-state index in [-0.39, 0.29) is 27.4 Å². The van der Waals surface area contributed by atoms with Crippen LogP contribution in [0.25, 0.3) is 0 Å². The van der Waals surface area contributed by atoms with Crippen LogP contribution in [-0.4, -0.2) is 60.9 Å². The second kappa shape index (κ2) is 7.06. The summed E-state index contributed by atoms with van der Waals surface area (Å²) in [4.78, 5) is 36.5. The highest BCUT2D eigenvalue weighted by Crippen LogP contribution is 2.57. The normalized spacial score (nSPS) is 21.3. The highest BCUT2D eigenvalue weighted by molar-refractivity contribution is 8.03. The minimum atomic E-state index is -1.30. The highest BCUT2D eigenvalue weighted by Gasteiger charge is 2.59. The lowest BCUT2D eigenvalue weighted by molar-refractivity contribution is -0.147. The summed E-state index contributed by atoms with van der Waals surface area (Å²) in [5, 5.41) is 8.88. The standard InChI is InChI=1S/C14H25N3O4S.H2O/c1-7(10(16)19)17(9(18)6-8(15)11(20)21)12-13(2,3)22-14(12,4)5;/h7-8,12H,6,15H2,1-5H3,(H2,16,19)(H,20,21);1H2/t7-,8+;/m1./s1. The molecule has 0 saturated carbocycles. The number of primary amides is 1. The third kappa shape index (κ3) is 4.36. The number of carbonyl (C=O) groups is 3. The van der Waals surface area contributed by atoms with Gasteiger partial charge in [0.15, 0.2) is 0 Å². The van der Waals surface area contributed by atoms with E-state index in [2.05, 4.69) is 0 Å². The molecule has 0 aromatic carbocycles. The van der Waals surface area contributed by atoms with Crippen molar-refractivity contribution in [2.24, 2.45) is 11.5 Å². The zero-order valence-electron chi connectivity index (χ0n) is 14.1. The molecule has 1 aliphatic rings. The van der Waals surface area contributed by atoms with E-state index < -0.39 is 29.9 Å². The summed E-state index contributed by atoms with van der Waals surface area (Å²) >= 11 is 1.70. The summed E-state index contributed by atoms with van der Waals surface area (Å²) in [6.07, 6.45) is -0.361.